The molecule has 22 heteroatoms. The van der Waals surface area contributed by atoms with Crippen LogP contribution in [0, 0.1) is 0 Å². The van der Waals surface area contributed by atoms with E-state index in [1.165, 1.54) is 4.57 Å². The van der Waals surface area contributed by atoms with Crippen molar-refractivity contribution in [1.29, 1.82) is 0 Å². The molecule has 0 saturated carbocycles. The van der Waals surface area contributed by atoms with Crippen molar-refractivity contribution in [2.75, 3.05) is 75.7 Å². The van der Waals surface area contributed by atoms with Gasteiger partial charge in [0.2, 0.25) is 29.6 Å². The summed E-state index contributed by atoms with van der Waals surface area (Å²) < 4.78 is 18.1. The smallest absolute Gasteiger partial charge is 0.315 e. The normalized spacial score (nSPS) is 16.1. The Balaban J connectivity index is 0.712. The van der Waals surface area contributed by atoms with Crippen LogP contribution in [0.3, 0.4) is 0 Å². The van der Waals surface area contributed by atoms with Gasteiger partial charge in [0.15, 0.2) is 0 Å². The molecule has 2 fully saturated rings. The summed E-state index contributed by atoms with van der Waals surface area (Å²) in [5, 5.41) is 22.0. The quantitative estimate of drug-likeness (QED) is 0.0278. The van der Waals surface area contributed by atoms with Crippen molar-refractivity contribution in [3.63, 3.8) is 0 Å². The number of thioether (sulfide) groups is 1. The number of carbonyl (C=O) groups excluding carboxylic acids is 5. The minimum absolute atomic E-state index is 0.00414. The van der Waals surface area contributed by atoms with Gasteiger partial charge in [-0.2, -0.15) is 16.7 Å². The molecule has 0 unspecified atom stereocenters. The number of carbonyl (C=O) groups is 5. The number of hydrogen-bond acceptors (Lipinski definition) is 13. The lowest BCUT2D eigenvalue weighted by atomic mass is 10.0. The fourth-order valence-electron chi connectivity index (χ4n) is 7.66. The third kappa shape index (κ3) is 16.9. The van der Waals surface area contributed by atoms with Crippen molar-refractivity contribution < 1.29 is 38.2 Å². The second kappa shape index (κ2) is 27.6. The largest absolute Gasteiger partial charge is 0.379 e. The first kappa shape index (κ1) is 52.9. The first-order valence-electron chi connectivity index (χ1n) is 23.1. The number of urea groups is 1. The van der Waals surface area contributed by atoms with Gasteiger partial charge in [0, 0.05) is 105 Å². The Kier molecular flexibility index (Phi) is 21.2. The maximum Gasteiger partial charge on any atom is 0.315 e. The van der Waals surface area contributed by atoms with E-state index in [2.05, 4.69) is 47.2 Å². The van der Waals surface area contributed by atoms with Crippen molar-refractivity contribution in [2.24, 2.45) is 7.05 Å². The molecule has 2 aromatic carbocycles. The van der Waals surface area contributed by atoms with Crippen molar-refractivity contribution >= 4 is 93.0 Å². The molecule has 2 saturated heterocycles. The zero-order chi connectivity index (χ0) is 49.0. The van der Waals surface area contributed by atoms with Crippen LogP contribution in [-0.2, 0) is 40.4 Å². The number of nitrogens with zero attached hydrogens (tertiary/aromatic N) is 3. The van der Waals surface area contributed by atoms with E-state index in [9.17, 15) is 28.8 Å². The standard InChI is InChI=1S/C47H60Cl2N10O9S/c1-59-44-30(27-33(45(59)64)42-34(48)7-4-8-35(42)49)28-53-46(58-44)55-32-13-11-31(12-14-32)54-41(63)17-20-52-40(62)16-15-39(61)51-19-6-22-67-24-26-68-25-23-66-21-5-18-50-38(60)10-3-2-9-37-43-36(29-69-37)56-47(65)57-43/h4,7-8,11-14,27-28,36-37,43H,2-3,5-6,9-10,15-26,29H2,1H3,(H,50,60)(H,51,61)(H,52,62)(H,54,63)(H,53,55,58)(H2,56,57,65)/t36-,37+,43-/m0/s1. The minimum Gasteiger partial charge on any atom is -0.379 e. The first-order chi connectivity index (χ1) is 33.4. The van der Waals surface area contributed by atoms with Gasteiger partial charge in [-0.25, -0.2) is 9.78 Å². The van der Waals surface area contributed by atoms with Gasteiger partial charge in [-0.1, -0.05) is 35.7 Å². The lowest BCUT2D eigenvalue weighted by Gasteiger charge is -2.16. The molecule has 0 aliphatic carbocycles. The number of aromatic nitrogens is 3. The fraction of sp³-hybridized carbons (Fsp3) is 0.489. The average molecular weight is 1010 g/mol. The van der Waals surface area contributed by atoms with Gasteiger partial charge in [-0.05, 0) is 68.1 Å². The Bertz CT molecular complexity index is 2430. The Morgan fingerprint density at radius 1 is 0.739 bits per heavy atom. The number of benzene rings is 2. The van der Waals surface area contributed by atoms with Crippen molar-refractivity contribution in [3.8, 4) is 11.1 Å². The van der Waals surface area contributed by atoms with Gasteiger partial charge < -0.3 is 51.4 Å². The number of aryl methyl sites for hydroxylation is 1. The Morgan fingerprint density at radius 3 is 2.01 bits per heavy atom. The van der Waals surface area contributed by atoms with E-state index in [1.807, 2.05) is 11.8 Å². The molecule has 69 heavy (non-hydrogen) atoms. The maximum atomic E-state index is 13.3. The molecule has 4 heterocycles. The second-order valence-electron chi connectivity index (χ2n) is 16.5. The topological polar surface area (TPSA) is 245 Å². The molecule has 6 rings (SSSR count). The number of fused-ring (bicyclic) bond motifs is 2. The van der Waals surface area contributed by atoms with E-state index >= 15 is 0 Å². The van der Waals surface area contributed by atoms with Crippen LogP contribution in [0.4, 0.5) is 22.1 Å². The molecule has 2 aromatic heterocycles. The van der Waals surface area contributed by atoms with E-state index in [-0.39, 0.29) is 79.1 Å². The maximum absolute atomic E-state index is 13.3. The molecular formula is C47H60Cl2N10O9S. The van der Waals surface area contributed by atoms with E-state index in [4.69, 9.17) is 37.4 Å². The predicted octanol–water partition coefficient (Wildman–Crippen LogP) is 5.06. The highest BCUT2D eigenvalue weighted by atomic mass is 35.5. The number of ether oxygens (including phenoxy) is 3. The molecule has 372 valence electrons. The Morgan fingerprint density at radius 2 is 1.35 bits per heavy atom. The first-order valence-corrected chi connectivity index (χ1v) is 25.0. The van der Waals surface area contributed by atoms with E-state index < -0.39 is 0 Å². The molecule has 0 radical (unpaired) electrons. The monoisotopic (exact) mass is 1010 g/mol. The molecule has 2 aliphatic rings. The lowest BCUT2D eigenvalue weighted by molar-refractivity contribution is -0.126. The highest BCUT2D eigenvalue weighted by Crippen LogP contribution is 2.35. The minimum atomic E-state index is -0.330. The van der Waals surface area contributed by atoms with Crippen LogP contribution in [0.2, 0.25) is 10.0 Å². The zero-order valence-corrected chi connectivity index (χ0v) is 40.9. The molecule has 19 nitrogen and oxygen atoms in total. The molecular weight excluding hydrogens is 952 g/mol. The van der Waals surface area contributed by atoms with E-state index in [1.54, 1.807) is 61.8 Å². The van der Waals surface area contributed by atoms with Gasteiger partial charge in [0.1, 0.15) is 5.65 Å². The van der Waals surface area contributed by atoms with Crippen LogP contribution in [0.25, 0.3) is 22.2 Å². The SMILES string of the molecule is Cn1c(=O)c(-c2c(Cl)cccc2Cl)cc2cnc(Nc3ccc(NC(=O)CCNC(=O)CCC(=O)NCCCOCCOCCOCCCNC(=O)CCCC[C@H]4SC[C@@H]5NC(=O)N[C@@H]54)cc3)nc21. The van der Waals surface area contributed by atoms with Gasteiger partial charge in [0.05, 0.1) is 54.1 Å². The lowest BCUT2D eigenvalue weighted by Crippen LogP contribution is -2.36. The molecule has 0 spiro atoms. The van der Waals surface area contributed by atoms with Gasteiger partial charge >= 0.3 is 6.03 Å². The summed E-state index contributed by atoms with van der Waals surface area (Å²) in [6, 6.07) is 14.0. The van der Waals surface area contributed by atoms with Crippen LogP contribution in [0.5, 0.6) is 0 Å². The number of nitrogens with one attached hydrogen (secondary N) is 7. The third-order valence-electron chi connectivity index (χ3n) is 11.3. The number of pyridine rings is 1. The summed E-state index contributed by atoms with van der Waals surface area (Å²) >= 11 is 14.6. The van der Waals surface area contributed by atoms with Crippen LogP contribution in [0.15, 0.2) is 59.5 Å². The summed E-state index contributed by atoms with van der Waals surface area (Å²) in [6.07, 6.45) is 6.28. The summed E-state index contributed by atoms with van der Waals surface area (Å²) in [5.41, 5.74) is 2.06. The fourth-order valence-corrected chi connectivity index (χ4v) is 9.80. The average Bonchev–Trinajstić information content (AvgIpc) is 3.89. The molecule has 0 bridgehead atoms. The van der Waals surface area contributed by atoms with Gasteiger partial charge in [-0.15, -0.1) is 0 Å². The number of rotatable bonds is 29. The molecule has 2 aliphatic heterocycles. The number of hydrogen-bond donors (Lipinski definition) is 7. The predicted molar refractivity (Wildman–Crippen MR) is 267 cm³/mol. The Labute approximate surface area is 414 Å². The molecule has 6 amide bonds. The number of amides is 6. The van der Waals surface area contributed by atoms with Crippen molar-refractivity contribution in [1.82, 2.24) is 41.1 Å². The van der Waals surface area contributed by atoms with Crippen molar-refractivity contribution in [2.45, 2.75) is 75.1 Å². The van der Waals surface area contributed by atoms with Crippen LogP contribution < -0.4 is 42.8 Å². The zero-order valence-electron chi connectivity index (χ0n) is 38.5. The van der Waals surface area contributed by atoms with Gasteiger partial charge in [0.25, 0.3) is 5.56 Å². The summed E-state index contributed by atoms with van der Waals surface area (Å²) in [4.78, 5) is 82.8. The van der Waals surface area contributed by atoms with Gasteiger partial charge in [-0.3, -0.25) is 28.5 Å². The van der Waals surface area contributed by atoms with Crippen molar-refractivity contribution in [3.05, 3.63) is 75.1 Å². The molecule has 3 atom stereocenters. The number of unbranched alkanes of at least 4 members (excludes halogenated alkanes) is 1. The number of halogens is 2. The molecule has 4 aromatic rings. The summed E-state index contributed by atoms with van der Waals surface area (Å²) in [6.45, 7) is 3.78. The van der Waals surface area contributed by atoms with Crippen LogP contribution in [0.1, 0.15) is 57.8 Å². The molecule has 7 N–H and O–H groups in total. The van der Waals surface area contributed by atoms with Crippen LogP contribution in [-0.4, -0.2) is 127 Å². The van der Waals surface area contributed by atoms with E-state index in [0.29, 0.717) is 114 Å². The highest BCUT2D eigenvalue weighted by Gasteiger charge is 2.42. The summed E-state index contributed by atoms with van der Waals surface area (Å²) in [7, 11) is 1.61. The highest BCUT2D eigenvalue weighted by molar-refractivity contribution is 8.00. The van der Waals surface area contributed by atoms with Crippen LogP contribution >= 0.6 is 35.0 Å². The third-order valence-corrected chi connectivity index (χ3v) is 13.4. The second-order valence-corrected chi connectivity index (χ2v) is 18.5. The Hall–Kier alpha value is -5.51. The number of anilines is 3. The van der Waals surface area contributed by atoms with E-state index in [0.717, 1.165) is 31.4 Å². The summed E-state index contributed by atoms with van der Waals surface area (Å²) in [5.74, 6) is 0.382.